The second kappa shape index (κ2) is 68.8. The minimum Gasteiger partial charge on any atom is -0.462 e. The van der Waals surface area contributed by atoms with Gasteiger partial charge in [-0.05, 0) is 37.5 Å². The molecule has 3 unspecified atom stereocenters. The molecule has 0 aromatic heterocycles. The van der Waals surface area contributed by atoms with Crippen LogP contribution >= 0.6 is 15.6 Å². The van der Waals surface area contributed by atoms with Crippen LogP contribution in [0.15, 0.2) is 0 Å². The number of hydrogen-bond acceptors (Lipinski definition) is 15. The van der Waals surface area contributed by atoms with Crippen LogP contribution in [0.4, 0.5) is 0 Å². The zero-order valence-electron chi connectivity index (χ0n) is 62.7. The number of aliphatic hydroxyl groups excluding tert-OH is 1. The molecule has 0 rings (SSSR count). The second-order valence-corrected chi connectivity index (χ2v) is 31.4. The number of ether oxygens (including phenoxy) is 4. The van der Waals surface area contributed by atoms with Crippen LogP contribution in [0.1, 0.15) is 401 Å². The molecule has 0 aromatic carbocycles. The van der Waals surface area contributed by atoms with E-state index in [9.17, 15) is 43.2 Å². The number of hydrogen-bond donors (Lipinski definition) is 3. The molecule has 0 fully saturated rings. The van der Waals surface area contributed by atoms with Gasteiger partial charge in [-0.25, -0.2) is 9.13 Å². The van der Waals surface area contributed by atoms with Gasteiger partial charge in [-0.2, -0.15) is 0 Å². The Morgan fingerprint density at radius 3 is 0.792 bits per heavy atom. The number of carbonyl (C=O) groups excluding carboxylic acids is 4. The molecule has 0 radical (unpaired) electrons. The van der Waals surface area contributed by atoms with E-state index in [2.05, 4.69) is 41.5 Å². The number of rotatable bonds is 76. The Morgan fingerprint density at radius 2 is 0.531 bits per heavy atom. The van der Waals surface area contributed by atoms with E-state index in [4.69, 9.17) is 37.0 Å². The van der Waals surface area contributed by atoms with Crippen molar-refractivity contribution in [3.63, 3.8) is 0 Å². The molecular formula is C77H150O17P2. The third kappa shape index (κ3) is 69.2. The van der Waals surface area contributed by atoms with Crippen LogP contribution in [-0.4, -0.2) is 96.7 Å². The number of phosphoric ester groups is 2. The van der Waals surface area contributed by atoms with Crippen molar-refractivity contribution in [3.05, 3.63) is 0 Å². The largest absolute Gasteiger partial charge is 0.472 e. The van der Waals surface area contributed by atoms with Gasteiger partial charge in [0.1, 0.15) is 19.3 Å². The number of esters is 4. The molecule has 17 nitrogen and oxygen atoms in total. The highest BCUT2D eigenvalue weighted by molar-refractivity contribution is 7.47. The van der Waals surface area contributed by atoms with E-state index in [0.29, 0.717) is 25.7 Å². The molecule has 3 N–H and O–H groups in total. The van der Waals surface area contributed by atoms with Crippen molar-refractivity contribution in [1.82, 2.24) is 0 Å². The maximum atomic E-state index is 13.1. The average molecular weight is 1410 g/mol. The van der Waals surface area contributed by atoms with E-state index in [1.165, 1.54) is 212 Å². The normalized spacial score (nSPS) is 14.3. The van der Waals surface area contributed by atoms with E-state index in [1.807, 2.05) is 0 Å². The lowest BCUT2D eigenvalue weighted by atomic mass is 9.99. The third-order valence-corrected chi connectivity index (χ3v) is 20.2. The number of carbonyl (C=O) groups is 4. The quantitative estimate of drug-likeness (QED) is 0.0222. The molecule has 0 spiro atoms. The summed E-state index contributed by atoms with van der Waals surface area (Å²) >= 11 is 0. The molecule has 570 valence electrons. The lowest BCUT2D eigenvalue weighted by Gasteiger charge is -2.21. The zero-order valence-corrected chi connectivity index (χ0v) is 64.5. The lowest BCUT2D eigenvalue weighted by molar-refractivity contribution is -0.161. The fourth-order valence-corrected chi connectivity index (χ4v) is 13.4. The third-order valence-electron chi connectivity index (χ3n) is 18.3. The monoisotopic (exact) mass is 1410 g/mol. The van der Waals surface area contributed by atoms with E-state index < -0.39 is 97.5 Å². The number of aliphatic hydroxyl groups is 1. The topological polar surface area (TPSA) is 237 Å². The first-order valence-electron chi connectivity index (χ1n) is 40.0. The second-order valence-electron chi connectivity index (χ2n) is 28.5. The highest BCUT2D eigenvalue weighted by atomic mass is 31.2. The maximum absolute atomic E-state index is 13.1. The van der Waals surface area contributed by atoms with Gasteiger partial charge in [0.15, 0.2) is 12.2 Å². The molecule has 0 aromatic rings. The first-order valence-corrected chi connectivity index (χ1v) is 43.0. The van der Waals surface area contributed by atoms with Gasteiger partial charge < -0.3 is 33.8 Å². The fraction of sp³-hybridized carbons (Fsp3) is 0.948. The molecule has 0 saturated carbocycles. The standard InChI is InChI=1S/C77H150O17P2/c1-7-10-12-14-15-16-17-18-27-33-38-43-49-55-61-76(81)93-72(65-87-74(79)59-53-45-13-11-8-2)67-91-95(83,84)89-63-71(78)64-90-96(85,86)92-68-73(66-88-75(80)60-54-48-42-37-32-28-24-23-26-31-36-41-47-52-58-70(6)9-3)94-77(82)62-56-50-44-39-34-29-22-20-19-21-25-30-35-40-46-51-57-69(4)5/h69-73,78H,7-68H2,1-6H3,(H,83,84)(H,85,86)/t70?,71-,72+,73+/m0/s1. The van der Waals surface area contributed by atoms with Crippen molar-refractivity contribution < 1.29 is 80.2 Å². The van der Waals surface area contributed by atoms with Gasteiger partial charge in [0, 0.05) is 25.7 Å². The molecule has 0 saturated heterocycles. The molecule has 6 atom stereocenters. The summed E-state index contributed by atoms with van der Waals surface area (Å²) in [6, 6.07) is 0. The van der Waals surface area contributed by atoms with Crippen molar-refractivity contribution in [3.8, 4) is 0 Å². The Labute approximate surface area is 588 Å². The molecule has 0 aliphatic rings. The fourth-order valence-electron chi connectivity index (χ4n) is 11.8. The van der Waals surface area contributed by atoms with Crippen LogP contribution in [-0.2, 0) is 65.4 Å². The summed E-state index contributed by atoms with van der Waals surface area (Å²) in [4.78, 5) is 72.6. The maximum Gasteiger partial charge on any atom is 0.472 e. The Balaban J connectivity index is 5.14. The van der Waals surface area contributed by atoms with E-state index in [-0.39, 0.29) is 25.7 Å². The molecule has 0 aliphatic carbocycles. The summed E-state index contributed by atoms with van der Waals surface area (Å²) in [6.07, 6.45) is 57.2. The Hall–Kier alpha value is -1.94. The zero-order chi connectivity index (χ0) is 70.7. The highest BCUT2D eigenvalue weighted by Gasteiger charge is 2.30. The summed E-state index contributed by atoms with van der Waals surface area (Å²) in [5, 5.41) is 10.6. The molecule has 0 bridgehead atoms. The van der Waals surface area contributed by atoms with Gasteiger partial charge in [0.05, 0.1) is 26.4 Å². The molecule has 19 heteroatoms. The predicted octanol–water partition coefficient (Wildman–Crippen LogP) is 22.7. The Bertz CT molecular complexity index is 1860. The number of phosphoric acid groups is 2. The van der Waals surface area contributed by atoms with Crippen LogP contribution in [0.5, 0.6) is 0 Å². The summed E-state index contributed by atoms with van der Waals surface area (Å²) < 4.78 is 68.3. The van der Waals surface area contributed by atoms with Gasteiger partial charge in [-0.3, -0.25) is 37.3 Å². The van der Waals surface area contributed by atoms with Crippen molar-refractivity contribution >= 4 is 39.5 Å². The summed E-state index contributed by atoms with van der Waals surface area (Å²) in [5.41, 5.74) is 0. The smallest absolute Gasteiger partial charge is 0.462 e. The molecular weight excluding hydrogens is 1260 g/mol. The van der Waals surface area contributed by atoms with Gasteiger partial charge in [0.25, 0.3) is 0 Å². The van der Waals surface area contributed by atoms with Crippen molar-refractivity contribution in [2.75, 3.05) is 39.6 Å². The lowest BCUT2D eigenvalue weighted by Crippen LogP contribution is -2.30. The van der Waals surface area contributed by atoms with Crippen LogP contribution < -0.4 is 0 Å². The summed E-state index contributed by atoms with van der Waals surface area (Å²) in [7, 11) is -9.90. The van der Waals surface area contributed by atoms with Crippen LogP contribution in [0.25, 0.3) is 0 Å². The van der Waals surface area contributed by atoms with Gasteiger partial charge in [-0.15, -0.1) is 0 Å². The minimum atomic E-state index is -4.96. The number of unbranched alkanes of at least 4 members (excludes halogenated alkanes) is 45. The molecule has 0 aliphatic heterocycles. The Morgan fingerprint density at radius 1 is 0.302 bits per heavy atom. The van der Waals surface area contributed by atoms with Gasteiger partial charge in [0.2, 0.25) is 0 Å². The minimum absolute atomic E-state index is 0.107. The van der Waals surface area contributed by atoms with Crippen LogP contribution in [0.2, 0.25) is 0 Å². The van der Waals surface area contributed by atoms with Crippen LogP contribution in [0.3, 0.4) is 0 Å². The van der Waals surface area contributed by atoms with Gasteiger partial charge >= 0.3 is 39.5 Å². The predicted molar refractivity (Wildman–Crippen MR) is 391 cm³/mol. The van der Waals surface area contributed by atoms with Crippen molar-refractivity contribution in [2.45, 2.75) is 419 Å². The van der Waals surface area contributed by atoms with E-state index in [0.717, 1.165) is 108 Å². The highest BCUT2D eigenvalue weighted by Crippen LogP contribution is 2.45. The first-order chi connectivity index (χ1) is 46.4. The summed E-state index contributed by atoms with van der Waals surface area (Å²) in [5.74, 6) is -0.465. The molecule has 0 heterocycles. The Kier molecular flexibility index (Phi) is 67.4. The van der Waals surface area contributed by atoms with Crippen LogP contribution in [0, 0.1) is 11.8 Å². The van der Waals surface area contributed by atoms with E-state index >= 15 is 0 Å². The van der Waals surface area contributed by atoms with Crippen molar-refractivity contribution in [2.24, 2.45) is 11.8 Å². The van der Waals surface area contributed by atoms with Gasteiger partial charge in [-0.1, -0.05) is 350 Å². The molecule has 0 amide bonds. The van der Waals surface area contributed by atoms with E-state index in [1.54, 1.807) is 0 Å². The summed E-state index contributed by atoms with van der Waals surface area (Å²) in [6.45, 7) is 9.61. The average Bonchev–Trinajstić information content (AvgIpc) is 2.86. The SMILES string of the molecule is CCCCCCCCCCCCCCCCC(=O)O[C@H](COC(=O)CCCCCCC)COP(=O)(O)OC[C@H](O)COP(=O)(O)OC[C@@H](COC(=O)CCCCCCCCCCCCCCCCC(C)CC)OC(=O)CCCCCCCCCCCCCCCCCCC(C)C. The first kappa shape index (κ1) is 94.1. The molecule has 96 heavy (non-hydrogen) atoms. The van der Waals surface area contributed by atoms with Crippen molar-refractivity contribution in [1.29, 1.82) is 0 Å².